The van der Waals surface area contributed by atoms with E-state index in [2.05, 4.69) is 10.6 Å². The highest BCUT2D eigenvalue weighted by Gasteiger charge is 2.41. The third-order valence-electron chi connectivity index (χ3n) is 5.36. The van der Waals surface area contributed by atoms with Crippen molar-refractivity contribution in [1.82, 2.24) is 4.31 Å². The lowest BCUT2D eigenvalue weighted by molar-refractivity contribution is -0.119. The van der Waals surface area contributed by atoms with E-state index in [1.54, 1.807) is 6.07 Å². The monoisotopic (exact) mass is 463 g/mol. The van der Waals surface area contributed by atoms with Gasteiger partial charge in [0.2, 0.25) is 15.9 Å². The summed E-state index contributed by atoms with van der Waals surface area (Å²) in [6.45, 7) is 2.02. The number of ether oxygens (including phenoxy) is 1. The lowest BCUT2D eigenvalue weighted by atomic mass is 10.1. The van der Waals surface area contributed by atoms with Crippen LogP contribution < -0.4 is 15.4 Å². The van der Waals surface area contributed by atoms with Gasteiger partial charge in [-0.1, -0.05) is 30.7 Å². The van der Waals surface area contributed by atoms with Crippen molar-refractivity contribution < 1.29 is 22.7 Å². The highest BCUT2D eigenvalue weighted by molar-refractivity contribution is 7.89. The Balaban J connectivity index is 1.60. The first-order chi connectivity index (χ1) is 14.8. The minimum absolute atomic E-state index is 0.0498. The molecule has 1 saturated heterocycles. The molecule has 2 N–H and O–H groups in total. The van der Waals surface area contributed by atoms with E-state index < -0.39 is 16.1 Å². The number of aryl methyl sites for hydroxylation is 1. The Morgan fingerprint density at radius 3 is 2.90 bits per heavy atom. The smallest absolute Gasteiger partial charge is 0.262 e. The minimum Gasteiger partial charge on any atom is -0.482 e. The third kappa shape index (κ3) is 4.26. The fourth-order valence-corrected chi connectivity index (χ4v) is 5.97. The van der Waals surface area contributed by atoms with Crippen molar-refractivity contribution in [3.8, 4) is 5.75 Å². The van der Waals surface area contributed by atoms with E-state index in [0.29, 0.717) is 24.2 Å². The SMILES string of the molecule is CCc1cccc(NC(=O)[C@@H]2CCCN2S(=O)(=O)c2cc3c(cc2Cl)NC(=O)CO3)c1. The highest BCUT2D eigenvalue weighted by atomic mass is 35.5. The molecule has 31 heavy (non-hydrogen) atoms. The molecule has 4 rings (SSSR count). The Morgan fingerprint density at radius 1 is 1.32 bits per heavy atom. The van der Waals surface area contributed by atoms with E-state index in [9.17, 15) is 18.0 Å². The summed E-state index contributed by atoms with van der Waals surface area (Å²) in [6.07, 6.45) is 1.79. The van der Waals surface area contributed by atoms with Gasteiger partial charge in [0.05, 0.1) is 10.7 Å². The number of hydrogen-bond acceptors (Lipinski definition) is 5. The molecule has 0 spiro atoms. The Morgan fingerprint density at radius 2 is 2.13 bits per heavy atom. The molecular weight excluding hydrogens is 442 g/mol. The Labute approximate surface area is 185 Å². The molecule has 0 bridgehead atoms. The summed E-state index contributed by atoms with van der Waals surface area (Å²) in [5, 5.41) is 5.37. The molecule has 2 aliphatic rings. The van der Waals surface area contributed by atoms with Crippen molar-refractivity contribution in [2.75, 3.05) is 23.8 Å². The van der Waals surface area contributed by atoms with Gasteiger partial charge in [-0.3, -0.25) is 9.59 Å². The molecule has 10 heteroatoms. The summed E-state index contributed by atoms with van der Waals surface area (Å²) in [6, 6.07) is 9.26. The maximum Gasteiger partial charge on any atom is 0.262 e. The van der Waals surface area contributed by atoms with Gasteiger partial charge in [0, 0.05) is 18.3 Å². The standard InChI is InChI=1S/C21H22ClN3O5S/c1-2-13-5-3-6-14(9-13)23-21(27)17-7-4-8-25(17)31(28,29)19-11-18-16(10-15(19)22)24-20(26)12-30-18/h3,5-6,9-11,17H,2,4,7-8,12H2,1H3,(H,23,27)(H,24,26)/t17-/m0/s1. The van der Waals surface area contributed by atoms with Crippen LogP contribution in [0.15, 0.2) is 41.3 Å². The van der Waals surface area contributed by atoms with Gasteiger partial charge < -0.3 is 15.4 Å². The molecule has 164 valence electrons. The van der Waals surface area contributed by atoms with Gasteiger partial charge in [0.15, 0.2) is 6.61 Å². The lowest BCUT2D eigenvalue weighted by Crippen LogP contribution is -2.43. The van der Waals surface area contributed by atoms with E-state index in [1.807, 2.05) is 25.1 Å². The largest absolute Gasteiger partial charge is 0.482 e. The summed E-state index contributed by atoms with van der Waals surface area (Å²) in [5.74, 6) is -0.506. The van der Waals surface area contributed by atoms with E-state index in [-0.39, 0.29) is 40.6 Å². The second-order valence-corrected chi connectivity index (χ2v) is 9.70. The number of nitrogens with one attached hydrogen (secondary N) is 2. The van der Waals surface area contributed by atoms with Crippen LogP contribution in [0.1, 0.15) is 25.3 Å². The molecule has 2 amide bonds. The summed E-state index contributed by atoms with van der Waals surface area (Å²) < 4.78 is 33.3. The number of sulfonamides is 1. The fourth-order valence-electron chi connectivity index (χ4n) is 3.79. The number of benzene rings is 2. The van der Waals surface area contributed by atoms with Crippen LogP contribution in [0.25, 0.3) is 0 Å². The number of carbonyl (C=O) groups excluding carboxylic acids is 2. The second-order valence-electron chi connectivity index (χ2n) is 7.43. The van der Waals surface area contributed by atoms with Gasteiger partial charge in [-0.15, -0.1) is 0 Å². The Bertz CT molecular complexity index is 1150. The van der Waals surface area contributed by atoms with Crippen molar-refractivity contribution in [3.63, 3.8) is 0 Å². The van der Waals surface area contributed by atoms with Crippen LogP contribution >= 0.6 is 11.6 Å². The van der Waals surface area contributed by atoms with Crippen LogP contribution in [0, 0.1) is 0 Å². The first-order valence-corrected chi connectivity index (χ1v) is 11.8. The maximum atomic E-state index is 13.4. The van der Waals surface area contributed by atoms with Gasteiger partial charge in [0.1, 0.15) is 16.7 Å². The molecule has 0 unspecified atom stereocenters. The number of halogens is 1. The number of hydrogen-bond donors (Lipinski definition) is 2. The van der Waals surface area contributed by atoms with Gasteiger partial charge in [-0.25, -0.2) is 8.42 Å². The van der Waals surface area contributed by atoms with Crippen molar-refractivity contribution in [3.05, 3.63) is 47.0 Å². The number of anilines is 2. The molecule has 1 atom stereocenters. The summed E-state index contributed by atoms with van der Waals surface area (Å²) >= 11 is 6.25. The Hall–Kier alpha value is -2.62. The molecule has 0 saturated carbocycles. The van der Waals surface area contributed by atoms with E-state index in [0.717, 1.165) is 12.0 Å². The van der Waals surface area contributed by atoms with Crippen LogP contribution in [0.4, 0.5) is 11.4 Å². The normalized spacial score (nSPS) is 18.8. The van der Waals surface area contributed by atoms with Crippen LogP contribution in [-0.2, 0) is 26.0 Å². The predicted molar refractivity (Wildman–Crippen MR) is 117 cm³/mol. The van der Waals surface area contributed by atoms with E-state index in [1.165, 1.54) is 16.4 Å². The molecule has 0 radical (unpaired) electrons. The number of amides is 2. The summed E-state index contributed by atoms with van der Waals surface area (Å²) in [4.78, 5) is 24.3. The highest BCUT2D eigenvalue weighted by Crippen LogP contribution is 2.38. The van der Waals surface area contributed by atoms with Crippen LogP contribution in [0.3, 0.4) is 0 Å². The zero-order valence-electron chi connectivity index (χ0n) is 16.9. The molecule has 0 aromatic heterocycles. The predicted octanol–water partition coefficient (Wildman–Crippen LogP) is 3.03. The number of rotatable bonds is 5. The van der Waals surface area contributed by atoms with Crippen molar-refractivity contribution in [2.24, 2.45) is 0 Å². The zero-order valence-corrected chi connectivity index (χ0v) is 18.4. The molecular formula is C21H22ClN3O5S. The Kier molecular flexibility index (Phi) is 5.92. The molecule has 2 aromatic rings. The van der Waals surface area contributed by atoms with Gasteiger partial charge >= 0.3 is 0 Å². The van der Waals surface area contributed by atoms with Gasteiger partial charge in [-0.2, -0.15) is 4.31 Å². The number of nitrogens with zero attached hydrogens (tertiary/aromatic N) is 1. The van der Waals surface area contributed by atoms with Crippen molar-refractivity contribution in [2.45, 2.75) is 37.1 Å². The molecule has 2 aliphatic heterocycles. The average Bonchev–Trinajstić information content (AvgIpc) is 3.24. The van der Waals surface area contributed by atoms with Crippen molar-refractivity contribution >= 4 is 44.8 Å². The first-order valence-electron chi connectivity index (χ1n) is 9.97. The zero-order chi connectivity index (χ0) is 22.2. The van der Waals surface area contributed by atoms with E-state index >= 15 is 0 Å². The molecule has 2 heterocycles. The second kappa shape index (κ2) is 8.49. The van der Waals surface area contributed by atoms with Gasteiger partial charge in [-0.05, 0) is 43.0 Å². The van der Waals surface area contributed by atoms with Crippen LogP contribution in [-0.4, -0.2) is 43.7 Å². The summed E-state index contributed by atoms with van der Waals surface area (Å²) in [5.41, 5.74) is 2.01. The molecule has 0 aliphatic carbocycles. The van der Waals surface area contributed by atoms with E-state index in [4.69, 9.17) is 16.3 Å². The van der Waals surface area contributed by atoms with Gasteiger partial charge in [0.25, 0.3) is 5.91 Å². The quantitative estimate of drug-likeness (QED) is 0.709. The lowest BCUT2D eigenvalue weighted by Gasteiger charge is -2.25. The molecule has 2 aromatic carbocycles. The topological polar surface area (TPSA) is 105 Å². The van der Waals surface area contributed by atoms with Crippen molar-refractivity contribution in [1.29, 1.82) is 0 Å². The summed E-state index contributed by atoms with van der Waals surface area (Å²) in [7, 11) is -4.07. The minimum atomic E-state index is -4.07. The van der Waals surface area contributed by atoms with Crippen LogP contribution in [0.5, 0.6) is 5.75 Å². The maximum absolute atomic E-state index is 13.4. The molecule has 8 nitrogen and oxygen atoms in total. The molecule has 1 fully saturated rings. The van der Waals surface area contributed by atoms with Crippen LogP contribution in [0.2, 0.25) is 5.02 Å². The third-order valence-corrected chi connectivity index (χ3v) is 7.74. The first kappa shape index (κ1) is 21.6. The average molecular weight is 464 g/mol. The fraction of sp³-hybridized carbons (Fsp3) is 0.333. The number of carbonyl (C=O) groups is 2. The number of fused-ring (bicyclic) bond motifs is 1.